The van der Waals surface area contributed by atoms with Crippen LogP contribution in [0.4, 0.5) is 0 Å². The van der Waals surface area contributed by atoms with Crippen LogP contribution in [0, 0.1) is 0 Å². The molecule has 0 saturated heterocycles. The van der Waals surface area contributed by atoms with E-state index in [0.29, 0.717) is 13.1 Å². The van der Waals surface area contributed by atoms with E-state index >= 15 is 0 Å². The lowest BCUT2D eigenvalue weighted by Crippen LogP contribution is -2.37. The Morgan fingerprint density at radius 2 is 1.71 bits per heavy atom. The van der Waals surface area contributed by atoms with Crippen LogP contribution in [0.2, 0.25) is 0 Å². The van der Waals surface area contributed by atoms with Crippen molar-refractivity contribution in [2.24, 2.45) is 5.73 Å². The van der Waals surface area contributed by atoms with Crippen molar-refractivity contribution in [3.63, 3.8) is 0 Å². The smallest absolute Gasteiger partial charge is 0.241 e. The molecule has 0 aliphatic rings. The maximum absolute atomic E-state index is 11.9. The van der Waals surface area contributed by atoms with Gasteiger partial charge >= 0.3 is 0 Å². The number of amides is 1. The quantitative estimate of drug-likeness (QED) is 0.551. The third-order valence-electron chi connectivity index (χ3n) is 2.93. The second-order valence-corrected chi connectivity index (χ2v) is 6.46. The minimum Gasteiger partial charge on any atom is -0.355 e. The molecule has 6 nitrogen and oxygen atoms in total. The number of carbonyl (C=O) groups is 1. The Morgan fingerprint density at radius 1 is 1.05 bits per heavy atom. The molecule has 7 heteroatoms. The van der Waals surface area contributed by atoms with Crippen molar-refractivity contribution in [2.45, 2.75) is 30.6 Å². The van der Waals surface area contributed by atoms with Crippen LogP contribution in [0.25, 0.3) is 0 Å². The van der Waals surface area contributed by atoms with Crippen molar-refractivity contribution in [3.8, 4) is 0 Å². The molecule has 1 rings (SSSR count). The maximum atomic E-state index is 11.9. The molecule has 21 heavy (non-hydrogen) atoms. The van der Waals surface area contributed by atoms with Gasteiger partial charge in [-0.2, -0.15) is 0 Å². The number of benzene rings is 1. The number of carbonyl (C=O) groups excluding carboxylic acids is 1. The molecule has 0 aliphatic heterocycles. The lowest BCUT2D eigenvalue weighted by molar-refractivity contribution is -0.119. The summed E-state index contributed by atoms with van der Waals surface area (Å²) in [6, 6.07) is 7.97. The molecule has 0 fully saturated rings. The second-order valence-electron chi connectivity index (χ2n) is 4.69. The summed E-state index contributed by atoms with van der Waals surface area (Å²) in [5, 5.41) is 2.69. The van der Waals surface area contributed by atoms with Crippen molar-refractivity contribution >= 4 is 15.9 Å². The molecule has 0 atom stereocenters. The molecule has 0 aliphatic carbocycles. The van der Waals surface area contributed by atoms with Crippen LogP contribution in [-0.4, -0.2) is 34.0 Å². The lowest BCUT2D eigenvalue weighted by atomic mass is 10.2. The van der Waals surface area contributed by atoms with E-state index in [1.807, 2.05) is 0 Å². The first-order chi connectivity index (χ1) is 10.1. The number of sulfonamides is 1. The van der Waals surface area contributed by atoms with E-state index in [1.165, 1.54) is 12.1 Å². The Labute approximate surface area is 126 Å². The highest BCUT2D eigenvalue weighted by Gasteiger charge is 2.14. The summed E-state index contributed by atoms with van der Waals surface area (Å²) < 4.78 is 26.0. The van der Waals surface area contributed by atoms with E-state index in [-0.39, 0.29) is 17.3 Å². The molecule has 0 spiro atoms. The van der Waals surface area contributed by atoms with Crippen LogP contribution in [0.1, 0.15) is 25.7 Å². The molecule has 0 unspecified atom stereocenters. The van der Waals surface area contributed by atoms with Gasteiger partial charge in [-0.05, 0) is 31.5 Å². The molecule has 0 heterocycles. The summed E-state index contributed by atoms with van der Waals surface area (Å²) in [5.41, 5.74) is 5.38. The van der Waals surface area contributed by atoms with Gasteiger partial charge in [-0.3, -0.25) is 4.79 Å². The zero-order valence-corrected chi connectivity index (χ0v) is 12.9. The molecular weight excluding hydrogens is 290 g/mol. The fourth-order valence-corrected chi connectivity index (χ4v) is 2.76. The summed E-state index contributed by atoms with van der Waals surface area (Å²) in [6.45, 7) is 0.990. The van der Waals surface area contributed by atoms with Crippen LogP contribution < -0.4 is 15.8 Å². The monoisotopic (exact) mass is 313 g/mol. The van der Waals surface area contributed by atoms with Gasteiger partial charge in [0.1, 0.15) is 0 Å². The summed E-state index contributed by atoms with van der Waals surface area (Å²) >= 11 is 0. The number of nitrogens with one attached hydrogen (secondary N) is 2. The van der Waals surface area contributed by atoms with E-state index in [0.717, 1.165) is 25.7 Å². The predicted molar refractivity (Wildman–Crippen MR) is 82.2 cm³/mol. The Kier molecular flexibility index (Phi) is 7.96. The van der Waals surface area contributed by atoms with Crippen LogP contribution in [0.3, 0.4) is 0 Å². The van der Waals surface area contributed by atoms with Crippen LogP contribution in [0.15, 0.2) is 35.2 Å². The molecule has 0 radical (unpaired) electrons. The van der Waals surface area contributed by atoms with Crippen molar-refractivity contribution in [1.82, 2.24) is 10.0 Å². The fourth-order valence-electron chi connectivity index (χ4n) is 1.76. The third-order valence-corrected chi connectivity index (χ3v) is 4.35. The molecule has 1 aromatic rings. The van der Waals surface area contributed by atoms with Gasteiger partial charge < -0.3 is 11.1 Å². The van der Waals surface area contributed by atoms with E-state index in [9.17, 15) is 13.2 Å². The van der Waals surface area contributed by atoms with Gasteiger partial charge in [0.25, 0.3) is 0 Å². The van der Waals surface area contributed by atoms with Crippen LogP contribution >= 0.6 is 0 Å². The van der Waals surface area contributed by atoms with E-state index < -0.39 is 10.0 Å². The number of hydrogen-bond acceptors (Lipinski definition) is 4. The summed E-state index contributed by atoms with van der Waals surface area (Å²) in [6.07, 6.45) is 3.92. The largest absolute Gasteiger partial charge is 0.355 e. The van der Waals surface area contributed by atoms with Crippen molar-refractivity contribution < 1.29 is 13.2 Å². The first-order valence-corrected chi connectivity index (χ1v) is 8.56. The number of hydrogen-bond donors (Lipinski definition) is 3. The highest BCUT2D eigenvalue weighted by Crippen LogP contribution is 2.06. The van der Waals surface area contributed by atoms with Gasteiger partial charge in [-0.1, -0.05) is 31.0 Å². The first-order valence-electron chi connectivity index (χ1n) is 7.08. The highest BCUT2D eigenvalue weighted by atomic mass is 32.2. The molecule has 1 amide bonds. The normalized spacial score (nSPS) is 11.3. The maximum Gasteiger partial charge on any atom is 0.241 e. The van der Waals surface area contributed by atoms with Crippen molar-refractivity contribution in [2.75, 3.05) is 19.6 Å². The average Bonchev–Trinajstić information content (AvgIpc) is 2.50. The van der Waals surface area contributed by atoms with E-state index in [4.69, 9.17) is 5.73 Å². The van der Waals surface area contributed by atoms with Crippen molar-refractivity contribution in [1.29, 1.82) is 0 Å². The Hall–Kier alpha value is -1.44. The fraction of sp³-hybridized carbons (Fsp3) is 0.500. The van der Waals surface area contributed by atoms with Crippen LogP contribution in [-0.2, 0) is 14.8 Å². The summed E-state index contributed by atoms with van der Waals surface area (Å²) in [7, 11) is -3.62. The Bertz CT molecular complexity index is 518. The lowest BCUT2D eigenvalue weighted by Gasteiger charge is -2.07. The summed E-state index contributed by atoms with van der Waals surface area (Å²) in [4.78, 5) is 11.7. The minimum atomic E-state index is -3.62. The molecule has 1 aromatic carbocycles. The molecule has 4 N–H and O–H groups in total. The standard InChI is InChI=1S/C14H23N3O3S/c15-10-6-1-2-7-11-16-14(18)12-17-21(19,20)13-8-4-3-5-9-13/h3-5,8-9,17H,1-2,6-7,10-12,15H2,(H,16,18). The number of rotatable bonds is 10. The van der Waals surface area contributed by atoms with Gasteiger partial charge in [-0.25, -0.2) is 13.1 Å². The Balaban J connectivity index is 2.24. The zero-order chi connectivity index (χ0) is 15.6. The molecule has 0 aromatic heterocycles. The SMILES string of the molecule is NCCCCCCNC(=O)CNS(=O)(=O)c1ccccc1. The molecular formula is C14H23N3O3S. The molecule has 0 saturated carbocycles. The van der Waals surface area contributed by atoms with E-state index in [1.54, 1.807) is 18.2 Å². The van der Waals surface area contributed by atoms with Gasteiger partial charge in [0, 0.05) is 6.54 Å². The van der Waals surface area contributed by atoms with Crippen molar-refractivity contribution in [3.05, 3.63) is 30.3 Å². The van der Waals surface area contributed by atoms with E-state index in [2.05, 4.69) is 10.0 Å². The Morgan fingerprint density at radius 3 is 2.38 bits per heavy atom. The first kappa shape index (κ1) is 17.6. The topological polar surface area (TPSA) is 101 Å². The summed E-state index contributed by atoms with van der Waals surface area (Å²) in [5.74, 6) is -0.326. The molecule has 118 valence electrons. The van der Waals surface area contributed by atoms with Gasteiger partial charge in [0.2, 0.25) is 15.9 Å². The van der Waals surface area contributed by atoms with Gasteiger partial charge in [0.05, 0.1) is 11.4 Å². The third kappa shape index (κ3) is 7.22. The van der Waals surface area contributed by atoms with Crippen LogP contribution in [0.5, 0.6) is 0 Å². The zero-order valence-electron chi connectivity index (χ0n) is 12.0. The number of nitrogens with two attached hydrogens (primary N) is 1. The van der Waals surface area contributed by atoms with Gasteiger partial charge in [-0.15, -0.1) is 0 Å². The minimum absolute atomic E-state index is 0.152. The average molecular weight is 313 g/mol. The second kappa shape index (κ2) is 9.49. The van der Waals surface area contributed by atoms with Gasteiger partial charge in [0.15, 0.2) is 0 Å². The molecule has 0 bridgehead atoms. The predicted octanol–water partition coefficient (Wildman–Crippen LogP) is 0.600. The highest BCUT2D eigenvalue weighted by molar-refractivity contribution is 7.89. The number of unbranched alkanes of at least 4 members (excludes halogenated alkanes) is 3.